The van der Waals surface area contributed by atoms with Crippen molar-refractivity contribution in [3.63, 3.8) is 0 Å². The largest absolute Gasteiger partial charge is 2.00 e. The molecular weight excluding hydrogens is 607 g/mol. The van der Waals surface area contributed by atoms with Crippen molar-refractivity contribution >= 4 is 0 Å². The predicted octanol–water partition coefficient (Wildman–Crippen LogP) is 4.88. The monoisotopic (exact) mass is 654 g/mol. The van der Waals surface area contributed by atoms with Crippen molar-refractivity contribution in [3.05, 3.63) is 80.4 Å². The fraction of sp³-hybridized carbons (Fsp3) is 0.568. The molecule has 0 bridgehead atoms. The third-order valence-corrected chi connectivity index (χ3v) is 9.98. The third-order valence-electron chi connectivity index (χ3n) is 9.98. The average Bonchev–Trinajstić information content (AvgIpc) is 3.41. The number of allylic oxidation sites excluding steroid dienone is 4. The Kier molecular flexibility index (Phi) is 10.2. The Labute approximate surface area is 277 Å². The van der Waals surface area contributed by atoms with Gasteiger partial charge in [0.05, 0.1) is 0 Å². The molecule has 5 rings (SSSR count). The van der Waals surface area contributed by atoms with E-state index in [0.717, 1.165) is 0 Å². The molecule has 1 atom stereocenters. The fourth-order valence-corrected chi connectivity index (χ4v) is 8.02. The smallest absolute Gasteiger partial charge is 1.00 e. The number of hydrogen-bond acceptors (Lipinski definition) is 0. The van der Waals surface area contributed by atoms with Gasteiger partial charge >= 0.3 is 26.2 Å². The first-order valence-corrected chi connectivity index (χ1v) is 14.7. The molecule has 2 aromatic rings. The molecule has 0 N–H and O–H groups in total. The van der Waals surface area contributed by atoms with Crippen LogP contribution in [0, 0.1) is 24.7 Å². The zero-order valence-corrected chi connectivity index (χ0v) is 31.0. The van der Waals surface area contributed by atoms with E-state index in [1.165, 1.54) is 59.1 Å². The molecule has 0 aromatic heterocycles. The number of aryl methyl sites for hydroxylation is 2. The molecule has 3 aliphatic carbocycles. The van der Waals surface area contributed by atoms with E-state index in [0.29, 0.717) is 5.92 Å². The minimum atomic E-state index is 0. The summed E-state index contributed by atoms with van der Waals surface area (Å²) in [6.45, 7) is 28.5. The van der Waals surface area contributed by atoms with Crippen molar-refractivity contribution in [1.29, 1.82) is 0 Å². The van der Waals surface area contributed by atoms with Crippen LogP contribution in [0.1, 0.15) is 134 Å². The molecule has 2 aromatic carbocycles. The van der Waals surface area contributed by atoms with Gasteiger partial charge in [0, 0.05) is 11.3 Å². The van der Waals surface area contributed by atoms with Crippen LogP contribution in [0.5, 0.6) is 0 Å². The van der Waals surface area contributed by atoms with Crippen LogP contribution >= 0.6 is 0 Å². The summed E-state index contributed by atoms with van der Waals surface area (Å²) in [7, 11) is 0. The van der Waals surface area contributed by atoms with E-state index in [-0.39, 0.29) is 72.7 Å². The van der Waals surface area contributed by atoms with Gasteiger partial charge < -0.3 is 24.8 Å². The van der Waals surface area contributed by atoms with Gasteiger partial charge in [-0.25, -0.2) is 0 Å². The maximum atomic E-state index is 2.65. The van der Waals surface area contributed by atoms with Crippen LogP contribution < -0.4 is 24.8 Å². The zero-order chi connectivity index (χ0) is 27.3. The van der Waals surface area contributed by atoms with E-state index in [1.807, 2.05) is 0 Å². The van der Waals surface area contributed by atoms with Crippen LogP contribution in [0.4, 0.5) is 0 Å². The Morgan fingerprint density at radius 2 is 1.18 bits per heavy atom. The number of halogens is 2. The number of benzene rings is 2. The molecule has 216 valence electrons. The Morgan fingerprint density at radius 3 is 1.55 bits per heavy atom. The molecule has 0 fully saturated rings. The second-order valence-corrected chi connectivity index (χ2v) is 15.6. The van der Waals surface area contributed by atoms with Crippen LogP contribution in [0.25, 0.3) is 11.1 Å². The van der Waals surface area contributed by atoms with Crippen molar-refractivity contribution in [2.45, 2.75) is 126 Å². The molecular formula is C37H50Cl2Zr. The third kappa shape index (κ3) is 5.56. The summed E-state index contributed by atoms with van der Waals surface area (Å²) < 4.78 is 0. The first-order chi connectivity index (χ1) is 17.0. The Balaban J connectivity index is 0.00000187. The van der Waals surface area contributed by atoms with E-state index in [2.05, 4.69) is 113 Å². The molecule has 0 spiro atoms. The maximum Gasteiger partial charge on any atom is 2.00 e. The topological polar surface area (TPSA) is 0 Å². The second kappa shape index (κ2) is 11.5. The maximum absolute atomic E-state index is 2.65. The summed E-state index contributed by atoms with van der Waals surface area (Å²) in [4.78, 5) is 0. The molecule has 3 aliphatic rings. The SMILES string of the molecule is CCC1(C2c3cc(C)c(C(C)(C)C)cc3-c3cc(C(C)(C)C)c(C)cc32)CCC2=C1C=C(C(C)(C)C)C2.[Cl-].[Cl-].[Zr+2]. The van der Waals surface area contributed by atoms with Gasteiger partial charge in [0.25, 0.3) is 0 Å². The van der Waals surface area contributed by atoms with Crippen LogP contribution in [0.15, 0.2) is 47.1 Å². The van der Waals surface area contributed by atoms with Crippen molar-refractivity contribution in [2.24, 2.45) is 10.8 Å². The van der Waals surface area contributed by atoms with E-state index in [4.69, 9.17) is 0 Å². The summed E-state index contributed by atoms with van der Waals surface area (Å²) in [6.07, 6.45) is 7.58. The predicted molar refractivity (Wildman–Crippen MR) is 162 cm³/mol. The quantitative estimate of drug-likeness (QED) is 0.433. The van der Waals surface area contributed by atoms with Gasteiger partial charge in [-0.3, -0.25) is 0 Å². The minimum absolute atomic E-state index is 0. The molecule has 0 radical (unpaired) electrons. The summed E-state index contributed by atoms with van der Waals surface area (Å²) in [5.74, 6) is 0.436. The standard InChI is InChI=1S/C37H50.2ClH.Zr/c1-13-37(15-14-24-18-25(19-32(24)37)34(4,5)6)33-28-16-22(2)30(35(7,8)9)20-26(28)27-21-31(36(10,11)12)23(3)17-29(27)33;;;/h16-17,19-21,33H,13-15,18H2,1-12H3;2*1H;/q;;;+2/p-2. The molecule has 0 nitrogen and oxygen atoms in total. The normalized spacial score (nSPS) is 20.2. The summed E-state index contributed by atoms with van der Waals surface area (Å²) in [5.41, 5.74) is 17.8. The molecule has 0 aliphatic heterocycles. The average molecular weight is 657 g/mol. The van der Waals surface area contributed by atoms with Crippen LogP contribution in [-0.2, 0) is 37.0 Å². The molecule has 0 saturated heterocycles. The van der Waals surface area contributed by atoms with Gasteiger partial charge in [0.1, 0.15) is 0 Å². The van der Waals surface area contributed by atoms with Gasteiger partial charge in [-0.2, -0.15) is 0 Å². The molecule has 1 unspecified atom stereocenters. The van der Waals surface area contributed by atoms with E-state index in [1.54, 1.807) is 27.8 Å². The first-order valence-electron chi connectivity index (χ1n) is 14.7. The Morgan fingerprint density at radius 1 is 0.725 bits per heavy atom. The zero-order valence-electron chi connectivity index (χ0n) is 27.0. The summed E-state index contributed by atoms with van der Waals surface area (Å²) in [6, 6.07) is 10.3. The van der Waals surface area contributed by atoms with Crippen molar-refractivity contribution in [2.75, 3.05) is 0 Å². The number of rotatable bonds is 2. The molecule has 0 amide bonds. The summed E-state index contributed by atoms with van der Waals surface area (Å²) >= 11 is 0. The second-order valence-electron chi connectivity index (χ2n) is 15.6. The molecule has 3 heteroatoms. The van der Waals surface area contributed by atoms with E-state index < -0.39 is 0 Å². The minimum Gasteiger partial charge on any atom is -1.00 e. The van der Waals surface area contributed by atoms with Crippen LogP contribution in [0.3, 0.4) is 0 Å². The van der Waals surface area contributed by atoms with Gasteiger partial charge in [-0.1, -0.05) is 111 Å². The van der Waals surface area contributed by atoms with Crippen LogP contribution in [-0.4, -0.2) is 0 Å². The van der Waals surface area contributed by atoms with Crippen molar-refractivity contribution < 1.29 is 51.0 Å². The van der Waals surface area contributed by atoms with Gasteiger partial charge in [0.2, 0.25) is 0 Å². The molecule has 40 heavy (non-hydrogen) atoms. The fourth-order valence-electron chi connectivity index (χ4n) is 8.02. The number of fused-ring (bicyclic) bond motifs is 3. The first kappa shape index (κ1) is 35.6. The Bertz CT molecular complexity index is 1280. The number of hydrogen-bond donors (Lipinski definition) is 0. The van der Waals surface area contributed by atoms with E-state index in [9.17, 15) is 0 Å². The van der Waals surface area contributed by atoms with Crippen LogP contribution in [0.2, 0.25) is 0 Å². The van der Waals surface area contributed by atoms with E-state index >= 15 is 0 Å². The van der Waals surface area contributed by atoms with Gasteiger partial charge in [0.15, 0.2) is 0 Å². The summed E-state index contributed by atoms with van der Waals surface area (Å²) in [5, 5.41) is 0. The Hall–Kier alpha value is -0.617. The molecule has 0 saturated carbocycles. The molecule has 0 heterocycles. The van der Waals surface area contributed by atoms with Gasteiger partial charge in [-0.15, -0.1) is 0 Å². The van der Waals surface area contributed by atoms with Crippen molar-refractivity contribution in [3.8, 4) is 11.1 Å². The van der Waals surface area contributed by atoms with Crippen molar-refractivity contribution in [1.82, 2.24) is 0 Å². The van der Waals surface area contributed by atoms with Gasteiger partial charge in [-0.05, 0) is 106 Å².